The average molecular weight is 516 g/mol. The van der Waals surface area contributed by atoms with E-state index in [1.54, 1.807) is 4.90 Å². The summed E-state index contributed by atoms with van der Waals surface area (Å²) in [7, 11) is 4.03. The summed E-state index contributed by atoms with van der Waals surface area (Å²) in [6.45, 7) is 7.68. The Morgan fingerprint density at radius 2 is 2.08 bits per heavy atom. The molecular weight excluding hydrogens is 478 g/mol. The van der Waals surface area contributed by atoms with E-state index >= 15 is 0 Å². The number of hydrogen-bond donors (Lipinski definition) is 0. The second-order valence-electron chi connectivity index (χ2n) is 10.6. The zero-order valence-corrected chi connectivity index (χ0v) is 22.5. The summed E-state index contributed by atoms with van der Waals surface area (Å²) in [5.74, 6) is 0.764. The lowest BCUT2D eigenvalue weighted by molar-refractivity contribution is -0.128. The maximum atomic E-state index is 12.4. The summed E-state index contributed by atoms with van der Waals surface area (Å²) in [5.41, 5.74) is 5.00. The molecule has 0 radical (unpaired) electrons. The van der Waals surface area contributed by atoms with Gasteiger partial charge in [-0.2, -0.15) is 15.2 Å². The van der Waals surface area contributed by atoms with Gasteiger partial charge in [0.25, 0.3) is 0 Å². The quantitative estimate of drug-likeness (QED) is 0.496. The third-order valence-electron chi connectivity index (χ3n) is 7.91. The van der Waals surface area contributed by atoms with Crippen LogP contribution in [0.4, 0.5) is 11.5 Å². The Morgan fingerprint density at radius 1 is 1.24 bits per heavy atom. The third kappa shape index (κ3) is 5.32. The molecule has 0 N–H and O–H groups in total. The summed E-state index contributed by atoms with van der Waals surface area (Å²) in [5, 5.41) is 9.44. The molecular formula is C29H37N7O2. The van der Waals surface area contributed by atoms with Crippen molar-refractivity contribution in [3.8, 4) is 12.1 Å². The lowest BCUT2D eigenvalue weighted by atomic mass is 9.90. The Morgan fingerprint density at radius 3 is 2.87 bits per heavy atom. The molecule has 2 atom stereocenters. The van der Waals surface area contributed by atoms with Gasteiger partial charge in [-0.05, 0) is 51.1 Å². The van der Waals surface area contributed by atoms with Crippen LogP contribution in [-0.4, -0.2) is 91.2 Å². The van der Waals surface area contributed by atoms with Crippen LogP contribution < -0.4 is 14.5 Å². The molecule has 1 aliphatic carbocycles. The molecule has 1 saturated heterocycles. The zero-order chi connectivity index (χ0) is 26.6. The lowest BCUT2D eigenvalue weighted by Crippen LogP contribution is -2.55. The molecule has 0 bridgehead atoms. The first kappa shape index (κ1) is 26.0. The molecule has 1 aromatic carbocycles. The molecule has 3 heterocycles. The van der Waals surface area contributed by atoms with Crippen LogP contribution in [0.25, 0.3) is 0 Å². The highest BCUT2D eigenvalue weighted by Crippen LogP contribution is 2.37. The number of carbonyl (C=O) groups excluding carboxylic acids is 1. The number of fused-ring (bicyclic) bond motifs is 2. The second-order valence-corrected chi connectivity index (χ2v) is 10.6. The largest absolute Gasteiger partial charge is 0.462 e. The van der Waals surface area contributed by atoms with Gasteiger partial charge in [-0.25, -0.2) is 0 Å². The number of amides is 1. The topological polar surface area (TPSA) is 88.8 Å². The van der Waals surface area contributed by atoms with Gasteiger partial charge in [0, 0.05) is 56.4 Å². The SMILES string of the molecule is C=CC(=O)N1CCN(c2nc(OCCN(C)C)nc3c2CC[C@@H](N2CCc4ccccc42)C3)C[C@@H]1CC#N. The number of aromatic nitrogens is 2. The number of carbonyl (C=O) groups is 1. The van der Waals surface area contributed by atoms with Gasteiger partial charge in [-0.15, -0.1) is 0 Å². The van der Waals surface area contributed by atoms with Crippen molar-refractivity contribution in [2.45, 2.75) is 44.2 Å². The van der Waals surface area contributed by atoms with Crippen LogP contribution in [0.1, 0.15) is 29.7 Å². The number of rotatable bonds is 8. The predicted octanol–water partition coefficient (Wildman–Crippen LogP) is 2.45. The molecule has 38 heavy (non-hydrogen) atoms. The smallest absolute Gasteiger partial charge is 0.318 e. The van der Waals surface area contributed by atoms with Crippen molar-refractivity contribution in [2.75, 3.05) is 63.2 Å². The van der Waals surface area contributed by atoms with Crippen molar-refractivity contribution >= 4 is 17.4 Å². The maximum Gasteiger partial charge on any atom is 0.318 e. The highest BCUT2D eigenvalue weighted by Gasteiger charge is 2.35. The fourth-order valence-corrected chi connectivity index (χ4v) is 5.95. The van der Waals surface area contributed by atoms with Crippen LogP contribution in [0.15, 0.2) is 36.9 Å². The van der Waals surface area contributed by atoms with Crippen LogP contribution in [-0.2, 0) is 24.1 Å². The minimum absolute atomic E-state index is 0.129. The van der Waals surface area contributed by atoms with E-state index in [4.69, 9.17) is 14.7 Å². The Bertz CT molecular complexity index is 1220. The number of nitrogens with zero attached hydrogens (tertiary/aromatic N) is 7. The molecule has 9 heteroatoms. The number of ether oxygens (including phenoxy) is 1. The first-order valence-electron chi connectivity index (χ1n) is 13.5. The van der Waals surface area contributed by atoms with Gasteiger partial charge < -0.3 is 24.3 Å². The third-order valence-corrected chi connectivity index (χ3v) is 7.91. The number of nitriles is 1. The van der Waals surface area contributed by atoms with Crippen molar-refractivity contribution < 1.29 is 9.53 Å². The number of hydrogen-bond acceptors (Lipinski definition) is 8. The number of piperazine rings is 1. The average Bonchev–Trinajstić information content (AvgIpc) is 3.36. The molecule has 0 saturated carbocycles. The van der Waals surface area contributed by atoms with Crippen molar-refractivity contribution in [1.82, 2.24) is 19.8 Å². The van der Waals surface area contributed by atoms with E-state index in [0.717, 1.165) is 50.3 Å². The van der Waals surface area contributed by atoms with Crippen LogP contribution in [0, 0.1) is 11.3 Å². The standard InChI is InChI=1S/C29H37N7O2/c1-4-27(37)36-16-15-34(20-23(36)11-13-30)28-24-10-9-22(35-14-12-21-7-5-6-8-26(21)35)19-25(24)31-29(32-28)38-18-17-33(2)3/h4-8,22-23H,1,9-12,14-20H2,2-3H3/t22-,23+/m1/s1. The number of likely N-dealkylation sites (N-methyl/N-ethyl adjacent to an activating group) is 1. The second kappa shape index (κ2) is 11.4. The summed E-state index contributed by atoms with van der Waals surface area (Å²) >= 11 is 0. The van der Waals surface area contributed by atoms with Crippen molar-refractivity contribution in [3.05, 3.63) is 53.7 Å². The molecule has 0 unspecified atom stereocenters. The van der Waals surface area contributed by atoms with E-state index in [2.05, 4.69) is 51.6 Å². The zero-order valence-electron chi connectivity index (χ0n) is 22.5. The van der Waals surface area contributed by atoms with Gasteiger partial charge in [0.2, 0.25) is 5.91 Å². The van der Waals surface area contributed by atoms with Gasteiger partial charge in [0.1, 0.15) is 12.4 Å². The molecule has 1 fully saturated rings. The van der Waals surface area contributed by atoms with E-state index in [9.17, 15) is 10.1 Å². The monoisotopic (exact) mass is 515 g/mol. The number of anilines is 2. The highest BCUT2D eigenvalue weighted by molar-refractivity contribution is 5.87. The summed E-state index contributed by atoms with van der Waals surface area (Å²) in [6, 6.07) is 11.6. The van der Waals surface area contributed by atoms with E-state index in [-0.39, 0.29) is 18.4 Å². The van der Waals surface area contributed by atoms with Gasteiger partial charge in [-0.3, -0.25) is 4.79 Å². The van der Waals surface area contributed by atoms with Crippen LogP contribution in [0.3, 0.4) is 0 Å². The summed E-state index contributed by atoms with van der Waals surface area (Å²) < 4.78 is 6.05. The molecule has 5 rings (SSSR count). The first-order valence-corrected chi connectivity index (χ1v) is 13.5. The molecule has 0 spiro atoms. The van der Waals surface area contributed by atoms with Crippen LogP contribution >= 0.6 is 0 Å². The van der Waals surface area contributed by atoms with Gasteiger partial charge in [0.15, 0.2) is 0 Å². The van der Waals surface area contributed by atoms with Gasteiger partial charge in [0.05, 0.1) is 24.2 Å². The Balaban J connectivity index is 1.43. The Labute approximate surface area is 225 Å². The normalized spacial score (nSPS) is 20.6. The van der Waals surface area contributed by atoms with Crippen LogP contribution in [0.5, 0.6) is 6.01 Å². The predicted molar refractivity (Wildman–Crippen MR) is 148 cm³/mol. The minimum Gasteiger partial charge on any atom is -0.462 e. The number of para-hydroxylation sites is 1. The summed E-state index contributed by atoms with van der Waals surface area (Å²) in [6.07, 6.45) is 5.46. The maximum absolute atomic E-state index is 12.4. The Kier molecular flexibility index (Phi) is 7.79. The van der Waals surface area contributed by atoms with Crippen LogP contribution in [0.2, 0.25) is 0 Å². The van der Waals surface area contributed by atoms with E-state index in [0.29, 0.717) is 38.3 Å². The molecule has 9 nitrogen and oxygen atoms in total. The fraction of sp³-hybridized carbons (Fsp3) is 0.517. The molecule has 200 valence electrons. The van der Waals surface area contributed by atoms with Gasteiger partial charge in [-0.1, -0.05) is 24.8 Å². The van der Waals surface area contributed by atoms with E-state index in [1.807, 2.05) is 14.1 Å². The Hall–Kier alpha value is -3.64. The lowest BCUT2D eigenvalue weighted by Gasteiger charge is -2.42. The summed E-state index contributed by atoms with van der Waals surface area (Å²) in [4.78, 5) is 30.9. The van der Waals surface area contributed by atoms with E-state index < -0.39 is 0 Å². The van der Waals surface area contributed by atoms with Crippen molar-refractivity contribution in [2.24, 2.45) is 0 Å². The first-order chi connectivity index (χ1) is 18.5. The highest BCUT2D eigenvalue weighted by atomic mass is 16.5. The molecule has 2 aliphatic heterocycles. The number of benzene rings is 1. The molecule has 1 aromatic heterocycles. The minimum atomic E-state index is -0.208. The van der Waals surface area contributed by atoms with E-state index in [1.165, 1.54) is 22.9 Å². The molecule has 2 aromatic rings. The molecule has 1 amide bonds. The molecule has 3 aliphatic rings. The van der Waals surface area contributed by atoms with Crippen molar-refractivity contribution in [3.63, 3.8) is 0 Å². The fourth-order valence-electron chi connectivity index (χ4n) is 5.95. The van der Waals surface area contributed by atoms with Gasteiger partial charge >= 0.3 is 6.01 Å². The van der Waals surface area contributed by atoms with Crippen molar-refractivity contribution in [1.29, 1.82) is 5.26 Å².